The molecule has 198 valence electrons. The molecular formula is C28H32Cl2N2O4S. The molecule has 0 unspecified atom stereocenters. The van der Waals surface area contributed by atoms with E-state index in [0.29, 0.717) is 47.5 Å². The van der Waals surface area contributed by atoms with Gasteiger partial charge in [-0.1, -0.05) is 23.2 Å². The smallest absolute Gasteiger partial charge is 0.309 e. The number of carboxylic acids is 1. The standard InChI is InChI=1S/C28H32Cl2N2O4S/c1-36-20-5-8-24-22(17-20)26(23(30)18-31-24)25(33)9-10-28(27(34)35)11-14-32(15-12-28)13-2-16-37-21-6-3-19(29)4-7-21/h3-8,17-18,25,33H,2,9-16H2,1H3,(H,34,35)/t25-/m0/s1. The summed E-state index contributed by atoms with van der Waals surface area (Å²) in [6.45, 7) is 2.42. The van der Waals surface area contributed by atoms with Crippen LogP contribution >= 0.6 is 35.0 Å². The summed E-state index contributed by atoms with van der Waals surface area (Å²) in [5, 5.41) is 23.1. The summed E-state index contributed by atoms with van der Waals surface area (Å²) in [6, 6.07) is 13.3. The van der Waals surface area contributed by atoms with Crippen molar-refractivity contribution in [2.24, 2.45) is 5.41 Å². The highest BCUT2D eigenvalue weighted by molar-refractivity contribution is 7.99. The Morgan fingerprint density at radius 3 is 2.59 bits per heavy atom. The molecule has 6 nitrogen and oxygen atoms in total. The third kappa shape index (κ3) is 6.89. The van der Waals surface area contributed by atoms with Gasteiger partial charge in [0.15, 0.2) is 0 Å². The van der Waals surface area contributed by atoms with Gasteiger partial charge in [-0.05, 0) is 100.0 Å². The van der Waals surface area contributed by atoms with Crippen LogP contribution in [0.5, 0.6) is 5.75 Å². The van der Waals surface area contributed by atoms with Crippen LogP contribution < -0.4 is 4.74 Å². The molecule has 0 amide bonds. The van der Waals surface area contributed by atoms with Crippen LogP contribution in [-0.4, -0.2) is 58.6 Å². The minimum atomic E-state index is -0.899. The van der Waals surface area contributed by atoms with E-state index in [-0.39, 0.29) is 0 Å². The van der Waals surface area contributed by atoms with Crippen molar-refractivity contribution in [1.29, 1.82) is 0 Å². The van der Waals surface area contributed by atoms with E-state index in [0.717, 1.165) is 42.2 Å². The van der Waals surface area contributed by atoms with Gasteiger partial charge >= 0.3 is 5.97 Å². The molecule has 9 heteroatoms. The average molecular weight is 564 g/mol. The molecule has 1 aromatic heterocycles. The first kappa shape index (κ1) is 28.0. The number of fused-ring (bicyclic) bond motifs is 1. The molecule has 0 spiro atoms. The lowest BCUT2D eigenvalue weighted by Gasteiger charge is -2.39. The minimum Gasteiger partial charge on any atom is -0.497 e. The van der Waals surface area contributed by atoms with Crippen molar-refractivity contribution in [3.05, 3.63) is 64.3 Å². The third-order valence-electron chi connectivity index (χ3n) is 7.27. The van der Waals surface area contributed by atoms with Crippen molar-refractivity contribution in [2.75, 3.05) is 32.5 Å². The van der Waals surface area contributed by atoms with Crippen LogP contribution in [0, 0.1) is 5.41 Å². The maximum absolute atomic E-state index is 12.4. The number of nitrogens with zero attached hydrogens (tertiary/aromatic N) is 2. The number of thioether (sulfide) groups is 1. The summed E-state index contributed by atoms with van der Waals surface area (Å²) in [5.41, 5.74) is 0.430. The predicted octanol–water partition coefficient (Wildman–Crippen LogP) is 6.71. The van der Waals surface area contributed by atoms with Gasteiger partial charge in [-0.2, -0.15) is 0 Å². The third-order valence-corrected chi connectivity index (χ3v) is 8.92. The average Bonchev–Trinajstić information content (AvgIpc) is 2.91. The zero-order chi connectivity index (χ0) is 26.4. The van der Waals surface area contributed by atoms with Crippen molar-refractivity contribution in [2.45, 2.75) is 43.1 Å². The zero-order valence-corrected chi connectivity index (χ0v) is 23.2. The van der Waals surface area contributed by atoms with Gasteiger partial charge in [-0.15, -0.1) is 11.8 Å². The van der Waals surface area contributed by atoms with Crippen LogP contribution in [0.4, 0.5) is 0 Å². The van der Waals surface area contributed by atoms with Gasteiger partial charge in [0.05, 0.1) is 29.2 Å². The number of halogens is 2. The second kappa shape index (κ2) is 12.7. The summed E-state index contributed by atoms with van der Waals surface area (Å²) in [4.78, 5) is 20.3. The number of aliphatic hydroxyl groups excluding tert-OH is 1. The second-order valence-electron chi connectivity index (χ2n) is 9.54. The van der Waals surface area contributed by atoms with E-state index in [2.05, 4.69) is 9.88 Å². The van der Waals surface area contributed by atoms with Crippen LogP contribution in [0.1, 0.15) is 43.8 Å². The minimum absolute atomic E-state index is 0.306. The Labute approximate surface area is 231 Å². The highest BCUT2D eigenvalue weighted by Gasteiger charge is 2.41. The Bertz CT molecular complexity index is 1220. The molecule has 0 aliphatic carbocycles. The highest BCUT2D eigenvalue weighted by Crippen LogP contribution is 2.41. The molecule has 1 atom stereocenters. The van der Waals surface area contributed by atoms with Crippen molar-refractivity contribution < 1.29 is 19.7 Å². The normalized spacial score (nSPS) is 16.5. The van der Waals surface area contributed by atoms with Crippen LogP contribution in [-0.2, 0) is 4.79 Å². The van der Waals surface area contributed by atoms with Crippen LogP contribution in [0.2, 0.25) is 10.0 Å². The molecule has 1 aliphatic rings. The fraction of sp³-hybridized carbons (Fsp3) is 0.429. The number of carboxylic acid groups (broad SMARTS) is 1. The maximum Gasteiger partial charge on any atom is 0.309 e. The van der Waals surface area contributed by atoms with E-state index in [1.165, 1.54) is 11.1 Å². The van der Waals surface area contributed by atoms with Crippen LogP contribution in [0.25, 0.3) is 10.9 Å². The fourth-order valence-electron chi connectivity index (χ4n) is 4.98. The maximum atomic E-state index is 12.4. The number of aliphatic hydroxyl groups is 1. The quantitative estimate of drug-likeness (QED) is 0.198. The first-order valence-corrected chi connectivity index (χ1v) is 14.2. The Kier molecular flexibility index (Phi) is 9.59. The van der Waals surface area contributed by atoms with Crippen molar-refractivity contribution in [1.82, 2.24) is 9.88 Å². The Balaban J connectivity index is 1.32. The lowest BCUT2D eigenvalue weighted by atomic mass is 9.74. The van der Waals surface area contributed by atoms with Gasteiger partial charge in [0, 0.05) is 27.1 Å². The molecule has 37 heavy (non-hydrogen) atoms. The Morgan fingerprint density at radius 2 is 1.92 bits per heavy atom. The fourth-order valence-corrected chi connectivity index (χ4v) is 6.22. The number of aromatic nitrogens is 1. The number of pyridine rings is 1. The number of piperidine rings is 1. The molecule has 0 radical (unpaired) electrons. The Morgan fingerprint density at radius 1 is 1.19 bits per heavy atom. The predicted molar refractivity (Wildman–Crippen MR) is 150 cm³/mol. The lowest BCUT2D eigenvalue weighted by Crippen LogP contribution is -2.44. The van der Waals surface area contributed by atoms with Gasteiger partial charge in [-0.25, -0.2) is 0 Å². The van der Waals surface area contributed by atoms with Crippen LogP contribution in [0.3, 0.4) is 0 Å². The topological polar surface area (TPSA) is 82.9 Å². The molecule has 4 rings (SSSR count). The number of likely N-dealkylation sites (tertiary alicyclic amines) is 1. The molecule has 1 saturated heterocycles. The Hall–Kier alpha value is -2.03. The van der Waals surface area contributed by atoms with Crippen molar-refractivity contribution >= 4 is 51.8 Å². The van der Waals surface area contributed by atoms with E-state index >= 15 is 0 Å². The molecule has 3 aromatic rings. The second-order valence-corrected chi connectivity index (χ2v) is 11.6. The van der Waals surface area contributed by atoms with Crippen molar-refractivity contribution in [3.8, 4) is 5.75 Å². The first-order chi connectivity index (χ1) is 17.8. The van der Waals surface area contributed by atoms with Gasteiger partial charge < -0.3 is 19.8 Å². The van der Waals surface area contributed by atoms with E-state index in [9.17, 15) is 15.0 Å². The van der Waals surface area contributed by atoms with E-state index in [1.807, 2.05) is 42.5 Å². The number of ether oxygens (including phenoxy) is 1. The number of methoxy groups -OCH3 is 1. The van der Waals surface area contributed by atoms with Gasteiger partial charge in [0.1, 0.15) is 5.75 Å². The molecule has 1 fully saturated rings. The van der Waals surface area contributed by atoms with Gasteiger partial charge in [-0.3, -0.25) is 9.78 Å². The van der Waals surface area contributed by atoms with E-state index < -0.39 is 17.5 Å². The number of hydrogen-bond donors (Lipinski definition) is 2. The molecule has 1 aliphatic heterocycles. The molecule has 0 bridgehead atoms. The summed E-state index contributed by atoms with van der Waals surface area (Å²) in [5.74, 6) is 0.857. The molecule has 2 N–H and O–H groups in total. The highest BCUT2D eigenvalue weighted by atomic mass is 35.5. The van der Waals surface area contributed by atoms with Gasteiger partial charge in [0.25, 0.3) is 0 Å². The monoisotopic (exact) mass is 562 g/mol. The SMILES string of the molecule is COc1ccc2ncc(Cl)c([C@@H](O)CCC3(C(=O)O)CCN(CCCSc4ccc(Cl)cc4)CC3)c2c1. The molecular weight excluding hydrogens is 531 g/mol. The number of hydrogen-bond acceptors (Lipinski definition) is 6. The zero-order valence-electron chi connectivity index (χ0n) is 20.8. The summed E-state index contributed by atoms with van der Waals surface area (Å²) < 4.78 is 5.33. The lowest BCUT2D eigenvalue weighted by molar-refractivity contribution is -0.153. The summed E-state index contributed by atoms with van der Waals surface area (Å²) in [7, 11) is 1.58. The first-order valence-electron chi connectivity index (χ1n) is 12.5. The summed E-state index contributed by atoms with van der Waals surface area (Å²) in [6.07, 6.45) is 3.49. The molecule has 2 heterocycles. The van der Waals surface area contributed by atoms with Crippen LogP contribution in [0.15, 0.2) is 53.6 Å². The number of rotatable bonds is 11. The van der Waals surface area contributed by atoms with E-state index in [4.69, 9.17) is 27.9 Å². The van der Waals surface area contributed by atoms with Crippen molar-refractivity contribution in [3.63, 3.8) is 0 Å². The molecule has 2 aromatic carbocycles. The number of benzene rings is 2. The largest absolute Gasteiger partial charge is 0.497 e. The van der Waals surface area contributed by atoms with E-state index in [1.54, 1.807) is 18.9 Å². The number of aliphatic carboxylic acids is 1. The summed E-state index contributed by atoms with van der Waals surface area (Å²) >= 11 is 14.2. The molecule has 0 saturated carbocycles. The van der Waals surface area contributed by atoms with Gasteiger partial charge in [0.2, 0.25) is 0 Å². The number of carbonyl (C=O) groups is 1.